The van der Waals surface area contributed by atoms with Crippen molar-refractivity contribution in [2.45, 2.75) is 98.9 Å². The van der Waals surface area contributed by atoms with Crippen LogP contribution in [-0.2, 0) is 14.3 Å². The van der Waals surface area contributed by atoms with Crippen LogP contribution in [-0.4, -0.2) is 45.7 Å². The van der Waals surface area contributed by atoms with Gasteiger partial charge in [-0.2, -0.15) is 12.6 Å². The van der Waals surface area contributed by atoms with Crippen LogP contribution in [0.4, 0.5) is 10.5 Å². The molecule has 0 aromatic heterocycles. The van der Waals surface area contributed by atoms with Crippen molar-refractivity contribution in [2.24, 2.45) is 0 Å². The van der Waals surface area contributed by atoms with Crippen LogP contribution < -0.4 is 10.6 Å². The Morgan fingerprint density at radius 1 is 0.923 bits per heavy atom. The number of alkyl carbamates (subject to hydrolysis) is 1. The third-order valence-corrected chi connectivity index (χ3v) is 7.37. The summed E-state index contributed by atoms with van der Waals surface area (Å²) in [6, 6.07) is 9.65. The fourth-order valence-corrected chi connectivity index (χ4v) is 4.55. The normalized spacial score (nSPS) is 13.3. The second-order valence-corrected chi connectivity index (χ2v) is 12.1. The molecule has 7 nitrogen and oxygen atoms in total. The van der Waals surface area contributed by atoms with Crippen LogP contribution in [0.25, 0.3) is 0 Å². The minimum absolute atomic E-state index is 0.0343. The van der Waals surface area contributed by atoms with Gasteiger partial charge >= 0.3 is 6.09 Å². The number of nitrogens with one attached hydrogen (secondary N) is 2. The molecule has 2 aromatic rings. The maximum atomic E-state index is 14.3. The Morgan fingerprint density at radius 2 is 1.51 bits per heavy atom. The fourth-order valence-electron chi connectivity index (χ4n) is 4.30. The molecule has 2 aromatic carbocycles. The van der Waals surface area contributed by atoms with Crippen LogP contribution in [0.1, 0.15) is 81.8 Å². The Labute approximate surface area is 239 Å². The van der Waals surface area contributed by atoms with Gasteiger partial charge in [0.25, 0.3) is 5.91 Å². The lowest BCUT2D eigenvalue weighted by Gasteiger charge is -2.44. The first-order chi connectivity index (χ1) is 18.0. The highest BCUT2D eigenvalue weighted by molar-refractivity contribution is 7.80. The van der Waals surface area contributed by atoms with Gasteiger partial charge in [-0.05, 0) is 96.6 Å². The summed E-state index contributed by atoms with van der Waals surface area (Å²) in [4.78, 5) is 42.7. The highest BCUT2D eigenvalue weighted by Gasteiger charge is 2.43. The molecule has 0 radical (unpaired) electrons. The summed E-state index contributed by atoms with van der Waals surface area (Å²) < 4.78 is 5.40. The zero-order valence-electron chi connectivity index (χ0n) is 25.1. The summed E-state index contributed by atoms with van der Waals surface area (Å²) in [5.41, 5.74) is 3.88. The van der Waals surface area contributed by atoms with Crippen molar-refractivity contribution in [3.8, 4) is 0 Å². The van der Waals surface area contributed by atoms with Gasteiger partial charge in [0, 0.05) is 17.0 Å². The van der Waals surface area contributed by atoms with Gasteiger partial charge in [0.2, 0.25) is 5.91 Å². The highest BCUT2D eigenvalue weighted by Crippen LogP contribution is 2.34. The number of ether oxygens (including phenoxy) is 1. The maximum absolute atomic E-state index is 14.3. The molecule has 2 unspecified atom stereocenters. The number of thiol groups is 1. The van der Waals surface area contributed by atoms with Crippen molar-refractivity contribution in [2.75, 3.05) is 11.1 Å². The van der Waals surface area contributed by atoms with Crippen molar-refractivity contribution in [1.29, 1.82) is 0 Å². The standard InChI is InChI=1S/C31H45N3O4S/c1-11-31(9,10)34(28(36)24(18-39)32-29(37)38-30(6,7)8)26(23-16-15-19(2)22(5)17-23)27(35)33-25-20(3)13-12-14-21(25)4/h12-17,24,26,39H,11,18H2,1-10H3,(H,32,37)(H,33,35). The summed E-state index contributed by atoms with van der Waals surface area (Å²) >= 11 is 4.39. The molecule has 0 spiro atoms. The second-order valence-electron chi connectivity index (χ2n) is 11.8. The number of rotatable bonds is 9. The molecular weight excluding hydrogens is 510 g/mol. The lowest BCUT2D eigenvalue weighted by molar-refractivity contribution is -0.147. The molecule has 0 saturated carbocycles. The van der Waals surface area contributed by atoms with Crippen LogP contribution in [0.2, 0.25) is 0 Å². The monoisotopic (exact) mass is 555 g/mol. The quantitative estimate of drug-likeness (QED) is 0.311. The van der Waals surface area contributed by atoms with E-state index in [9.17, 15) is 14.4 Å². The molecule has 2 rings (SSSR count). The SMILES string of the molecule is CCC(C)(C)N(C(=O)C(CS)NC(=O)OC(C)(C)C)C(C(=O)Nc1c(C)cccc1C)c1ccc(C)c(C)c1. The largest absolute Gasteiger partial charge is 0.444 e. The second kappa shape index (κ2) is 12.9. The van der Waals surface area contributed by atoms with Gasteiger partial charge in [-0.1, -0.05) is 43.3 Å². The predicted octanol–water partition coefficient (Wildman–Crippen LogP) is 6.44. The van der Waals surface area contributed by atoms with Gasteiger partial charge in [0.1, 0.15) is 17.7 Å². The third kappa shape index (κ3) is 8.24. The van der Waals surface area contributed by atoms with Crippen LogP contribution in [0.5, 0.6) is 0 Å². The van der Waals surface area contributed by atoms with Crippen molar-refractivity contribution in [3.63, 3.8) is 0 Å². The molecule has 0 heterocycles. The van der Waals surface area contributed by atoms with Crippen LogP contribution in [0.3, 0.4) is 0 Å². The number of nitrogens with zero attached hydrogens (tertiary/aromatic N) is 1. The van der Waals surface area contributed by atoms with E-state index in [1.807, 2.05) is 84.9 Å². The van der Waals surface area contributed by atoms with E-state index < -0.39 is 35.2 Å². The molecular formula is C31H45N3O4S. The van der Waals surface area contributed by atoms with E-state index in [-0.39, 0.29) is 11.7 Å². The topological polar surface area (TPSA) is 87.7 Å². The van der Waals surface area contributed by atoms with E-state index in [0.29, 0.717) is 12.0 Å². The molecule has 0 bridgehead atoms. The van der Waals surface area contributed by atoms with Crippen molar-refractivity contribution >= 4 is 36.2 Å². The van der Waals surface area contributed by atoms with Crippen LogP contribution in [0.15, 0.2) is 36.4 Å². The molecule has 39 heavy (non-hydrogen) atoms. The van der Waals surface area contributed by atoms with Gasteiger partial charge in [-0.3, -0.25) is 9.59 Å². The molecule has 0 aliphatic heterocycles. The highest BCUT2D eigenvalue weighted by atomic mass is 32.1. The van der Waals surface area contributed by atoms with Gasteiger partial charge < -0.3 is 20.3 Å². The van der Waals surface area contributed by atoms with Crippen molar-refractivity contribution in [1.82, 2.24) is 10.2 Å². The molecule has 0 aliphatic carbocycles. The lowest BCUT2D eigenvalue weighted by Crippen LogP contribution is -2.59. The van der Waals surface area contributed by atoms with Crippen LogP contribution in [0, 0.1) is 27.7 Å². The van der Waals surface area contributed by atoms with Crippen molar-refractivity contribution in [3.05, 3.63) is 64.2 Å². The fraction of sp³-hybridized carbons (Fsp3) is 0.516. The molecule has 0 saturated heterocycles. The average Bonchev–Trinajstić information content (AvgIpc) is 2.83. The Kier molecular flexibility index (Phi) is 10.7. The Balaban J connectivity index is 2.66. The summed E-state index contributed by atoms with van der Waals surface area (Å²) in [5, 5.41) is 5.78. The van der Waals surface area contributed by atoms with Gasteiger partial charge in [0.15, 0.2) is 0 Å². The number of carbonyl (C=O) groups excluding carboxylic acids is 3. The molecule has 214 valence electrons. The molecule has 0 aliphatic rings. The molecule has 3 amide bonds. The van der Waals surface area contributed by atoms with Crippen molar-refractivity contribution < 1.29 is 19.1 Å². The first kappa shape index (κ1) is 32.2. The number of aryl methyl sites for hydroxylation is 4. The predicted molar refractivity (Wildman–Crippen MR) is 161 cm³/mol. The van der Waals surface area contributed by atoms with E-state index in [1.165, 1.54) is 0 Å². The maximum Gasteiger partial charge on any atom is 0.408 e. The number of hydrogen-bond acceptors (Lipinski definition) is 5. The van der Waals surface area contributed by atoms with E-state index in [0.717, 1.165) is 27.9 Å². The molecule has 0 fully saturated rings. The van der Waals surface area contributed by atoms with Gasteiger partial charge in [0.05, 0.1) is 0 Å². The van der Waals surface area contributed by atoms with E-state index in [2.05, 4.69) is 23.3 Å². The zero-order chi connectivity index (χ0) is 29.7. The first-order valence-corrected chi connectivity index (χ1v) is 14.0. The number of benzene rings is 2. The number of amides is 3. The minimum Gasteiger partial charge on any atom is -0.444 e. The summed E-state index contributed by atoms with van der Waals surface area (Å²) in [6.45, 7) is 18.9. The summed E-state index contributed by atoms with van der Waals surface area (Å²) in [5.74, 6) is -0.713. The zero-order valence-corrected chi connectivity index (χ0v) is 26.0. The van der Waals surface area contributed by atoms with E-state index >= 15 is 0 Å². The Morgan fingerprint density at radius 3 is 2.00 bits per heavy atom. The molecule has 2 atom stereocenters. The summed E-state index contributed by atoms with van der Waals surface area (Å²) in [6.07, 6.45) is -0.144. The lowest BCUT2D eigenvalue weighted by atomic mass is 9.91. The Hall–Kier alpha value is -3.00. The number of carbonyl (C=O) groups is 3. The van der Waals surface area contributed by atoms with E-state index in [1.54, 1.807) is 25.7 Å². The number of para-hydroxylation sites is 1. The first-order valence-electron chi connectivity index (χ1n) is 13.4. The minimum atomic E-state index is -1.00. The Bertz CT molecular complexity index is 1180. The average molecular weight is 556 g/mol. The number of anilines is 1. The third-order valence-electron chi connectivity index (χ3n) is 7.01. The van der Waals surface area contributed by atoms with Gasteiger partial charge in [-0.25, -0.2) is 4.79 Å². The number of hydrogen-bond donors (Lipinski definition) is 3. The molecule has 8 heteroatoms. The van der Waals surface area contributed by atoms with E-state index in [4.69, 9.17) is 4.74 Å². The van der Waals surface area contributed by atoms with Crippen LogP contribution >= 0.6 is 12.6 Å². The van der Waals surface area contributed by atoms with Gasteiger partial charge in [-0.15, -0.1) is 0 Å². The summed E-state index contributed by atoms with van der Waals surface area (Å²) in [7, 11) is 0. The smallest absolute Gasteiger partial charge is 0.408 e. The molecule has 2 N–H and O–H groups in total.